The molecule has 2 aromatic carbocycles. The zero-order valence-electron chi connectivity index (χ0n) is 16.3. The number of ether oxygens (including phenoxy) is 1. The summed E-state index contributed by atoms with van der Waals surface area (Å²) >= 11 is 0. The topological polar surface area (TPSA) is 111 Å². The molecular formula is C21H24BrN3O5. The number of hydrogen-bond acceptors (Lipinski definition) is 6. The van der Waals surface area contributed by atoms with Crippen molar-refractivity contribution in [2.24, 2.45) is 0 Å². The molecule has 0 bridgehead atoms. The van der Waals surface area contributed by atoms with Gasteiger partial charge in [-0.05, 0) is 42.6 Å². The summed E-state index contributed by atoms with van der Waals surface area (Å²) in [6.45, 7) is 0.756. The van der Waals surface area contributed by atoms with E-state index in [1.807, 2.05) is 30.3 Å². The molecule has 1 heterocycles. The van der Waals surface area contributed by atoms with Gasteiger partial charge in [-0.2, -0.15) is 0 Å². The van der Waals surface area contributed by atoms with Gasteiger partial charge in [-0.25, -0.2) is 4.79 Å². The average Bonchev–Trinajstić information content (AvgIpc) is 3.27. The van der Waals surface area contributed by atoms with Gasteiger partial charge in [0, 0.05) is 18.6 Å². The Morgan fingerprint density at radius 2 is 1.83 bits per heavy atom. The maximum atomic E-state index is 12.7. The molecule has 0 saturated carbocycles. The highest BCUT2D eigenvalue weighted by Crippen LogP contribution is 2.14. The smallest absolute Gasteiger partial charge is 0.329 e. The van der Waals surface area contributed by atoms with E-state index in [9.17, 15) is 19.7 Å². The molecule has 3 rings (SSSR count). The van der Waals surface area contributed by atoms with Crippen LogP contribution in [0.2, 0.25) is 0 Å². The van der Waals surface area contributed by atoms with Gasteiger partial charge in [0.25, 0.3) is 5.69 Å². The first-order chi connectivity index (χ1) is 14.0. The molecule has 1 aliphatic heterocycles. The maximum absolute atomic E-state index is 12.7. The predicted molar refractivity (Wildman–Crippen MR) is 116 cm³/mol. The number of benzene rings is 2. The lowest BCUT2D eigenvalue weighted by Crippen LogP contribution is -2.49. The van der Waals surface area contributed by atoms with Gasteiger partial charge in [0.05, 0.1) is 11.0 Å². The molecule has 2 aromatic rings. The molecule has 1 fully saturated rings. The lowest BCUT2D eigenvalue weighted by atomic mass is 10.1. The van der Waals surface area contributed by atoms with Crippen molar-refractivity contribution in [3.8, 4) is 0 Å². The third-order valence-corrected chi connectivity index (χ3v) is 4.79. The van der Waals surface area contributed by atoms with Crippen LogP contribution in [-0.2, 0) is 27.4 Å². The molecule has 8 nitrogen and oxygen atoms in total. The Kier molecular flexibility index (Phi) is 8.94. The first-order valence-electron chi connectivity index (χ1n) is 9.50. The lowest BCUT2D eigenvalue weighted by Gasteiger charge is -2.20. The van der Waals surface area contributed by atoms with E-state index < -0.39 is 16.9 Å². The van der Waals surface area contributed by atoms with Gasteiger partial charge in [0.2, 0.25) is 5.91 Å². The fourth-order valence-corrected chi connectivity index (χ4v) is 3.19. The quantitative estimate of drug-likeness (QED) is 0.343. The summed E-state index contributed by atoms with van der Waals surface area (Å²) in [7, 11) is 0. The van der Waals surface area contributed by atoms with Gasteiger partial charge in [0.1, 0.15) is 12.6 Å². The van der Waals surface area contributed by atoms with Gasteiger partial charge in [-0.1, -0.05) is 30.3 Å². The first kappa shape index (κ1) is 23.5. The highest BCUT2D eigenvalue weighted by molar-refractivity contribution is 8.93. The molecule has 0 aromatic heterocycles. The van der Waals surface area contributed by atoms with Crippen molar-refractivity contribution >= 4 is 34.5 Å². The molecule has 0 spiro atoms. The van der Waals surface area contributed by atoms with E-state index in [1.54, 1.807) is 12.1 Å². The van der Waals surface area contributed by atoms with Gasteiger partial charge in [-0.15, -0.1) is 17.0 Å². The minimum absolute atomic E-state index is 0. The number of nitrogens with one attached hydrogen (secondary N) is 2. The first-order valence-corrected chi connectivity index (χ1v) is 9.50. The second-order valence-corrected chi connectivity index (χ2v) is 6.93. The van der Waals surface area contributed by atoms with Crippen LogP contribution in [0.4, 0.5) is 5.69 Å². The fraction of sp³-hybridized carbons (Fsp3) is 0.333. The van der Waals surface area contributed by atoms with Crippen LogP contribution in [0.3, 0.4) is 0 Å². The number of halogens is 1. The minimum Gasteiger partial charge on any atom is -0.459 e. The van der Waals surface area contributed by atoms with Crippen LogP contribution >= 0.6 is 17.0 Å². The number of amides is 1. The van der Waals surface area contributed by atoms with E-state index in [1.165, 1.54) is 12.1 Å². The van der Waals surface area contributed by atoms with E-state index in [4.69, 9.17) is 4.74 Å². The lowest BCUT2D eigenvalue weighted by molar-refractivity contribution is -0.384. The van der Waals surface area contributed by atoms with Crippen molar-refractivity contribution in [1.29, 1.82) is 0 Å². The molecule has 1 aliphatic rings. The number of nitro groups is 1. The number of carbonyl (C=O) groups excluding carboxylic acids is 2. The third kappa shape index (κ3) is 6.64. The number of nitrogens with zero attached hydrogens (tertiary/aromatic N) is 1. The molecule has 1 saturated heterocycles. The van der Waals surface area contributed by atoms with E-state index in [2.05, 4.69) is 10.6 Å². The van der Waals surface area contributed by atoms with Crippen LogP contribution in [0.1, 0.15) is 24.0 Å². The highest BCUT2D eigenvalue weighted by Gasteiger charge is 2.28. The summed E-state index contributed by atoms with van der Waals surface area (Å²) in [5.74, 6) is -0.755. The Bertz CT molecular complexity index is 855. The molecule has 0 aliphatic carbocycles. The molecular weight excluding hydrogens is 454 g/mol. The standard InChI is InChI=1S/C21H23N3O5.BrH/c25-20(18-7-4-12-22-18)23-19(13-15-5-2-1-3-6-15)21(26)29-14-16-8-10-17(11-9-16)24(27)28;/h1-3,5-6,8-11,18-19,22H,4,7,12-14H2,(H,23,25);1H. The van der Waals surface area contributed by atoms with Crippen LogP contribution in [0, 0.1) is 10.1 Å². The number of carbonyl (C=O) groups is 2. The van der Waals surface area contributed by atoms with Crippen molar-refractivity contribution in [2.75, 3.05) is 6.54 Å². The van der Waals surface area contributed by atoms with Gasteiger partial charge in [0.15, 0.2) is 0 Å². The summed E-state index contributed by atoms with van der Waals surface area (Å²) in [5.41, 5.74) is 1.51. The summed E-state index contributed by atoms with van der Waals surface area (Å²) in [6, 6.07) is 14.1. The summed E-state index contributed by atoms with van der Waals surface area (Å²) in [4.78, 5) is 35.4. The predicted octanol–water partition coefficient (Wildman–Crippen LogP) is 2.70. The largest absolute Gasteiger partial charge is 0.459 e. The number of hydrogen-bond donors (Lipinski definition) is 2. The van der Waals surface area contributed by atoms with E-state index in [0.29, 0.717) is 12.0 Å². The van der Waals surface area contributed by atoms with Crippen LogP contribution in [0.15, 0.2) is 54.6 Å². The maximum Gasteiger partial charge on any atom is 0.329 e. The third-order valence-electron chi connectivity index (χ3n) is 4.79. The van der Waals surface area contributed by atoms with Crippen molar-refractivity contribution < 1.29 is 19.2 Å². The van der Waals surface area contributed by atoms with Crippen molar-refractivity contribution in [2.45, 2.75) is 38.0 Å². The molecule has 160 valence electrons. The van der Waals surface area contributed by atoms with E-state index >= 15 is 0 Å². The van der Waals surface area contributed by atoms with Gasteiger partial charge >= 0.3 is 5.97 Å². The second kappa shape index (κ2) is 11.4. The Labute approximate surface area is 184 Å². The van der Waals surface area contributed by atoms with Gasteiger partial charge in [-0.3, -0.25) is 14.9 Å². The van der Waals surface area contributed by atoms with Crippen molar-refractivity contribution in [3.05, 3.63) is 75.8 Å². The second-order valence-electron chi connectivity index (χ2n) is 6.93. The Hall–Kier alpha value is -2.78. The van der Waals surface area contributed by atoms with Crippen LogP contribution in [0.25, 0.3) is 0 Å². The van der Waals surface area contributed by atoms with Gasteiger partial charge < -0.3 is 15.4 Å². The zero-order chi connectivity index (χ0) is 20.6. The Morgan fingerprint density at radius 3 is 2.43 bits per heavy atom. The summed E-state index contributed by atoms with van der Waals surface area (Å²) in [6.07, 6.45) is 1.98. The molecule has 2 N–H and O–H groups in total. The number of nitro benzene ring substituents is 1. The number of rotatable bonds is 8. The molecule has 30 heavy (non-hydrogen) atoms. The fourth-order valence-electron chi connectivity index (χ4n) is 3.19. The highest BCUT2D eigenvalue weighted by atomic mass is 79.9. The number of non-ortho nitro benzene ring substituents is 1. The Balaban J connectivity index is 0.00000320. The van der Waals surface area contributed by atoms with Crippen LogP contribution in [0.5, 0.6) is 0 Å². The van der Waals surface area contributed by atoms with Crippen molar-refractivity contribution in [1.82, 2.24) is 10.6 Å². The summed E-state index contributed by atoms with van der Waals surface area (Å²) in [5, 5.41) is 16.6. The SMILES string of the molecule is Br.O=C(NC(Cc1ccccc1)C(=O)OCc1ccc([N+](=O)[O-])cc1)C1CCCN1. The van der Waals surface area contributed by atoms with E-state index in [0.717, 1.165) is 24.9 Å². The molecule has 0 radical (unpaired) electrons. The Morgan fingerprint density at radius 1 is 1.13 bits per heavy atom. The molecule has 1 amide bonds. The van der Waals surface area contributed by atoms with Crippen LogP contribution in [-0.4, -0.2) is 35.4 Å². The normalized spacial score (nSPS) is 16.2. The van der Waals surface area contributed by atoms with Crippen LogP contribution < -0.4 is 10.6 Å². The van der Waals surface area contributed by atoms with E-state index in [-0.39, 0.29) is 41.2 Å². The monoisotopic (exact) mass is 477 g/mol. The minimum atomic E-state index is -0.814. The van der Waals surface area contributed by atoms with Crippen molar-refractivity contribution in [3.63, 3.8) is 0 Å². The zero-order valence-corrected chi connectivity index (χ0v) is 18.0. The molecule has 2 atom stereocenters. The summed E-state index contributed by atoms with van der Waals surface area (Å²) < 4.78 is 5.38. The number of esters is 1. The average molecular weight is 478 g/mol. The molecule has 2 unspecified atom stereocenters. The molecule has 9 heteroatoms.